The molecule has 18 heteroatoms. The van der Waals surface area contributed by atoms with Crippen LogP contribution in [0.1, 0.15) is 109 Å². The Morgan fingerprint density at radius 2 is 1.62 bits per heavy atom. The van der Waals surface area contributed by atoms with Crippen LogP contribution < -0.4 is 20.3 Å². The molecule has 5 aromatic rings. The van der Waals surface area contributed by atoms with Gasteiger partial charge in [-0.2, -0.15) is 18.4 Å². The first kappa shape index (κ1) is 55.0. The minimum absolute atomic E-state index is 0.0103. The molecule has 3 atom stereocenters. The van der Waals surface area contributed by atoms with Gasteiger partial charge < -0.3 is 35.2 Å². The Bertz CT molecular complexity index is 3040. The summed E-state index contributed by atoms with van der Waals surface area (Å²) in [5.74, 6) is -1.40. The van der Waals surface area contributed by atoms with Gasteiger partial charge in [-0.1, -0.05) is 84.0 Å². The number of nitriles is 1. The summed E-state index contributed by atoms with van der Waals surface area (Å²) in [7, 11) is 0. The van der Waals surface area contributed by atoms with Crippen LogP contribution in [0.2, 0.25) is 0 Å². The number of thiazole rings is 1. The molecule has 4 aromatic carbocycles. The van der Waals surface area contributed by atoms with Gasteiger partial charge in [0.1, 0.15) is 23.9 Å². The first-order valence-corrected chi connectivity index (χ1v) is 27.3. The Morgan fingerprint density at radius 1 is 0.935 bits per heavy atom. The van der Waals surface area contributed by atoms with Gasteiger partial charge in [-0.05, 0) is 96.9 Å². The lowest BCUT2D eigenvalue weighted by atomic mass is 9.49. The van der Waals surface area contributed by atoms with Crippen molar-refractivity contribution in [2.75, 3.05) is 44.2 Å². The predicted octanol–water partition coefficient (Wildman–Crippen LogP) is 8.63. The first-order valence-electron chi connectivity index (χ1n) is 26.4. The quantitative estimate of drug-likeness (QED) is 0.0869. The van der Waals surface area contributed by atoms with Gasteiger partial charge in [0.2, 0.25) is 11.8 Å². The van der Waals surface area contributed by atoms with E-state index in [0.29, 0.717) is 11.1 Å². The number of ether oxygens (including phenoxy) is 1. The first-order chi connectivity index (χ1) is 36.5. The number of aliphatic hydroxyl groups is 1. The molecule has 4 aliphatic rings. The molecule has 3 aliphatic heterocycles. The minimum atomic E-state index is -4.71. The average Bonchev–Trinajstić information content (AvgIpc) is 4.19. The van der Waals surface area contributed by atoms with Crippen LogP contribution in [-0.4, -0.2) is 118 Å². The molecule has 3 N–H and O–H groups in total. The van der Waals surface area contributed by atoms with Crippen LogP contribution >= 0.6 is 11.3 Å². The van der Waals surface area contributed by atoms with Crippen LogP contribution in [0.3, 0.4) is 0 Å². The third-order valence-corrected chi connectivity index (χ3v) is 17.1. The van der Waals surface area contributed by atoms with Gasteiger partial charge in [0.25, 0.3) is 11.8 Å². The number of carbonyl (C=O) groups excluding carboxylic acids is 4. The number of carbonyl (C=O) groups is 4. The summed E-state index contributed by atoms with van der Waals surface area (Å²) >= 11 is 1.57. The summed E-state index contributed by atoms with van der Waals surface area (Å²) in [6.45, 7) is 18.1. The monoisotopic (exact) mass is 1070 g/mol. The third-order valence-electron chi connectivity index (χ3n) is 16.1. The van der Waals surface area contributed by atoms with E-state index in [9.17, 15) is 42.7 Å². The largest absolute Gasteiger partial charge is 0.489 e. The van der Waals surface area contributed by atoms with Crippen LogP contribution in [0, 0.1) is 35.0 Å². The van der Waals surface area contributed by atoms with Crippen molar-refractivity contribution in [1.82, 2.24) is 30.3 Å². The number of aliphatic hydroxyl groups excluding tert-OH is 1. The van der Waals surface area contributed by atoms with Crippen LogP contribution in [-0.2, 0) is 35.3 Å². The number of alkyl halides is 3. The maximum Gasteiger partial charge on any atom is 0.417 e. The number of anilines is 1. The maximum absolute atomic E-state index is 14.5. The molecular weight excluding hydrogens is 1010 g/mol. The number of fused-ring (bicyclic) bond motifs is 1. The van der Waals surface area contributed by atoms with E-state index in [4.69, 9.17) is 4.74 Å². The zero-order valence-electron chi connectivity index (χ0n) is 44.6. The van der Waals surface area contributed by atoms with Crippen molar-refractivity contribution >= 4 is 40.7 Å². The van der Waals surface area contributed by atoms with Gasteiger partial charge in [-0.3, -0.25) is 24.1 Å². The lowest BCUT2D eigenvalue weighted by molar-refractivity contribution is -0.164. The van der Waals surface area contributed by atoms with Crippen molar-refractivity contribution in [2.45, 2.75) is 117 Å². The summed E-state index contributed by atoms with van der Waals surface area (Å²) in [4.78, 5) is 69.1. The zero-order valence-corrected chi connectivity index (χ0v) is 45.4. The van der Waals surface area contributed by atoms with E-state index in [1.54, 1.807) is 22.3 Å². The van der Waals surface area contributed by atoms with E-state index in [1.807, 2.05) is 121 Å². The van der Waals surface area contributed by atoms with E-state index in [0.717, 1.165) is 96.2 Å². The molecule has 4 heterocycles. The molecule has 4 amide bonds. The van der Waals surface area contributed by atoms with E-state index >= 15 is 0 Å². The number of benzene rings is 4. The molecule has 0 bridgehead atoms. The lowest BCUT2D eigenvalue weighted by Crippen LogP contribution is -2.74. The van der Waals surface area contributed by atoms with Crippen molar-refractivity contribution in [3.63, 3.8) is 0 Å². The molecule has 1 aliphatic carbocycles. The standard InChI is InChI=1S/C59H67F3N8O6S/c1-35(2)49(54(75)69-33-44(71)28-48(69)52(73)64-31-38-12-14-39(15-13-38)50-36(3)65-34-77-50)70-32-42-18-20-43(27-46(42)53(70)74)68-25-23-67(24-26-68)22-8-9-37-10-16-40(17-11-37)51(72)66-55-57(4,5)56(58(55,6)7)76-45-21-19-41(30-63)47(29-45)59(60,61)62/h10-21,27,29,34-35,44,48-49,55-56,71H,8-9,22-26,28,31-33H2,1-7H3,(H,64,73)(H,66,72)/t44-,48+,49-,55?,56?/m1/s1. The minimum Gasteiger partial charge on any atom is -0.489 e. The summed E-state index contributed by atoms with van der Waals surface area (Å²) in [6, 6.07) is 24.4. The highest BCUT2D eigenvalue weighted by atomic mass is 32.1. The second-order valence-electron chi connectivity index (χ2n) is 22.5. The number of rotatable bonds is 16. The summed E-state index contributed by atoms with van der Waals surface area (Å²) in [6.07, 6.45) is -4.22. The van der Waals surface area contributed by atoms with Crippen molar-refractivity contribution in [2.24, 2.45) is 16.7 Å². The fourth-order valence-electron chi connectivity index (χ4n) is 12.3. The molecule has 1 aromatic heterocycles. The van der Waals surface area contributed by atoms with Gasteiger partial charge >= 0.3 is 6.18 Å². The molecule has 9 rings (SSSR count). The Morgan fingerprint density at radius 3 is 2.26 bits per heavy atom. The zero-order chi connectivity index (χ0) is 55.1. The van der Waals surface area contributed by atoms with Gasteiger partial charge in [-0.15, -0.1) is 11.3 Å². The fourth-order valence-corrected chi connectivity index (χ4v) is 13.1. The fraction of sp³-hybridized carbons (Fsp3) is 0.458. The van der Waals surface area contributed by atoms with Crippen LogP contribution in [0.25, 0.3) is 10.4 Å². The predicted molar refractivity (Wildman–Crippen MR) is 288 cm³/mol. The normalized spacial score (nSPS) is 21.3. The highest BCUT2D eigenvalue weighted by Crippen LogP contribution is 2.56. The number of hydrogen-bond acceptors (Lipinski definition) is 11. The molecule has 14 nitrogen and oxygen atoms in total. The third kappa shape index (κ3) is 11.3. The Balaban J connectivity index is 0.730. The number of amides is 4. The lowest BCUT2D eigenvalue weighted by Gasteiger charge is -2.63. The highest BCUT2D eigenvalue weighted by Gasteiger charge is 2.64. The molecule has 2 saturated heterocycles. The van der Waals surface area contributed by atoms with Crippen LogP contribution in [0.15, 0.2) is 90.4 Å². The number of likely N-dealkylation sites (tertiary alicyclic amines) is 1. The van der Waals surface area contributed by atoms with E-state index in [2.05, 4.69) is 25.4 Å². The topological polar surface area (TPSA) is 171 Å². The van der Waals surface area contributed by atoms with Gasteiger partial charge in [0, 0.05) is 85.9 Å². The molecule has 77 heavy (non-hydrogen) atoms. The molecule has 0 spiro atoms. The van der Waals surface area contributed by atoms with Crippen molar-refractivity contribution in [1.29, 1.82) is 5.26 Å². The van der Waals surface area contributed by atoms with Gasteiger partial charge in [0.05, 0.1) is 39.4 Å². The average molecular weight is 1070 g/mol. The Labute approximate surface area is 452 Å². The smallest absolute Gasteiger partial charge is 0.417 e. The number of β-amino-alcohol motifs (C(OH)–C–C–N with tert-alkyl or cyclic N) is 1. The maximum atomic E-state index is 14.5. The number of piperazine rings is 1. The van der Waals surface area contributed by atoms with E-state index < -0.39 is 52.4 Å². The van der Waals surface area contributed by atoms with Crippen molar-refractivity contribution in [3.05, 3.63) is 135 Å². The Kier molecular flexibility index (Phi) is 15.6. The molecule has 1 saturated carbocycles. The molecule has 0 radical (unpaired) electrons. The number of hydrogen-bond donors (Lipinski definition) is 3. The Hall–Kier alpha value is -6.81. The summed E-state index contributed by atoms with van der Waals surface area (Å²) in [5, 5.41) is 26.1. The van der Waals surface area contributed by atoms with Gasteiger partial charge in [-0.25, -0.2) is 4.98 Å². The van der Waals surface area contributed by atoms with E-state index in [-0.39, 0.29) is 67.4 Å². The molecule has 3 fully saturated rings. The second kappa shape index (κ2) is 21.9. The van der Waals surface area contributed by atoms with Crippen molar-refractivity contribution < 1.29 is 42.2 Å². The number of nitrogens with zero attached hydrogens (tertiary/aromatic N) is 6. The van der Waals surface area contributed by atoms with Crippen LogP contribution in [0.5, 0.6) is 5.75 Å². The highest BCUT2D eigenvalue weighted by molar-refractivity contribution is 7.13. The molecular formula is C59H67F3N8O6S. The number of nitrogens with one attached hydrogen (secondary N) is 2. The number of halogens is 3. The summed E-state index contributed by atoms with van der Waals surface area (Å²) in [5.41, 5.74) is 5.96. The van der Waals surface area contributed by atoms with E-state index in [1.165, 1.54) is 11.0 Å². The van der Waals surface area contributed by atoms with Crippen molar-refractivity contribution in [3.8, 4) is 22.3 Å². The number of aryl methyl sites for hydroxylation is 2. The molecule has 0 unspecified atom stereocenters. The van der Waals surface area contributed by atoms with Crippen LogP contribution in [0.4, 0.5) is 18.9 Å². The summed E-state index contributed by atoms with van der Waals surface area (Å²) < 4.78 is 47.1. The SMILES string of the molecule is Cc1ncsc1-c1ccc(CNC(=O)[C@@H]2C[C@@H](O)CN2C(=O)[C@@H](C(C)C)N2Cc3ccc(N4CCN(CCCc5ccc(C(=O)NC6C(C)(C)C(Oc7ccc(C#N)c(C(F)(F)F)c7)C6(C)C)cc5)CC4)cc3C2=O)cc1. The second-order valence-corrected chi connectivity index (χ2v) is 23.4. The molecule has 406 valence electrons. The number of aromatic nitrogens is 1. The van der Waals surface area contributed by atoms with Gasteiger partial charge in [0.15, 0.2) is 0 Å².